The molecule has 1 amide bonds. The van der Waals surface area contributed by atoms with Crippen LogP contribution in [0.1, 0.15) is 40.9 Å². The van der Waals surface area contributed by atoms with E-state index in [9.17, 15) is 14.9 Å². The predicted molar refractivity (Wildman–Crippen MR) is 102 cm³/mol. The van der Waals surface area contributed by atoms with E-state index in [-0.39, 0.29) is 11.3 Å². The van der Waals surface area contributed by atoms with E-state index in [2.05, 4.69) is 31.1 Å². The van der Waals surface area contributed by atoms with Crippen LogP contribution in [0.25, 0.3) is 0 Å². The van der Waals surface area contributed by atoms with Crippen molar-refractivity contribution in [3.8, 4) is 0 Å². The largest absolute Gasteiger partial charge is 0.348 e. The number of hydrogen-bond acceptors (Lipinski definition) is 4. The number of carbonyl (C=O) groups is 1. The van der Waals surface area contributed by atoms with Crippen molar-refractivity contribution in [2.24, 2.45) is 0 Å². The van der Waals surface area contributed by atoms with Crippen LogP contribution in [0.4, 0.5) is 5.69 Å². The predicted octanol–water partition coefficient (Wildman–Crippen LogP) is 3.67. The number of benzene rings is 2. The van der Waals surface area contributed by atoms with Gasteiger partial charge in [0.05, 0.1) is 4.92 Å². The molecule has 2 aromatic carbocycles. The molecule has 0 aromatic heterocycles. The van der Waals surface area contributed by atoms with Crippen LogP contribution < -0.4 is 5.32 Å². The molecule has 0 heterocycles. The lowest BCUT2D eigenvalue weighted by molar-refractivity contribution is -0.385. The molecule has 0 radical (unpaired) electrons. The highest BCUT2D eigenvalue weighted by molar-refractivity contribution is 5.98. The number of nitrogens with zero attached hydrogens (tertiary/aromatic N) is 2. The van der Waals surface area contributed by atoms with E-state index in [0.717, 1.165) is 17.7 Å². The third kappa shape index (κ3) is 4.67. The summed E-state index contributed by atoms with van der Waals surface area (Å²) in [5, 5.41) is 14.1. The number of nitro benzene ring substituents is 1. The number of amides is 1. The lowest BCUT2D eigenvalue weighted by atomic mass is 10.1. The second kappa shape index (κ2) is 8.58. The number of para-hydroxylation sites is 1. The molecular formula is C20H25N3O3. The molecule has 1 N–H and O–H groups in total. The van der Waals surface area contributed by atoms with E-state index >= 15 is 0 Å². The minimum Gasteiger partial charge on any atom is -0.348 e. The Bertz CT molecular complexity index is 803. The standard InChI is InChI=1S/C20H25N3O3/c1-14(2)22(4)13-17-10-6-5-9-16(17)12-21-20(24)18-11-7-8-15(3)19(18)23(25)26/h5-11,14H,12-13H2,1-4H3,(H,21,24). The second-order valence-electron chi connectivity index (χ2n) is 6.69. The zero-order chi connectivity index (χ0) is 19.3. The number of hydrogen-bond donors (Lipinski definition) is 1. The average Bonchev–Trinajstić information content (AvgIpc) is 2.60. The molecule has 0 aliphatic carbocycles. The molecule has 2 rings (SSSR count). The number of nitro groups is 1. The molecule has 0 saturated heterocycles. The van der Waals surface area contributed by atoms with E-state index in [1.54, 1.807) is 19.1 Å². The van der Waals surface area contributed by atoms with Crippen molar-refractivity contribution in [1.29, 1.82) is 0 Å². The first-order valence-corrected chi connectivity index (χ1v) is 8.60. The fourth-order valence-corrected chi connectivity index (χ4v) is 2.69. The van der Waals surface area contributed by atoms with Crippen LogP contribution in [-0.4, -0.2) is 28.8 Å². The first kappa shape index (κ1) is 19.6. The Morgan fingerprint density at radius 2 is 1.81 bits per heavy atom. The van der Waals surface area contributed by atoms with Crippen molar-refractivity contribution in [3.63, 3.8) is 0 Å². The maximum absolute atomic E-state index is 12.5. The molecular weight excluding hydrogens is 330 g/mol. The Labute approximate surface area is 154 Å². The molecule has 0 fully saturated rings. The van der Waals surface area contributed by atoms with Crippen LogP contribution in [0.5, 0.6) is 0 Å². The number of nitrogens with one attached hydrogen (secondary N) is 1. The monoisotopic (exact) mass is 355 g/mol. The fraction of sp³-hybridized carbons (Fsp3) is 0.350. The first-order valence-electron chi connectivity index (χ1n) is 8.60. The highest BCUT2D eigenvalue weighted by Crippen LogP contribution is 2.23. The highest BCUT2D eigenvalue weighted by atomic mass is 16.6. The van der Waals surface area contributed by atoms with Gasteiger partial charge in [0, 0.05) is 24.7 Å². The van der Waals surface area contributed by atoms with Gasteiger partial charge in [0.1, 0.15) is 5.56 Å². The quantitative estimate of drug-likeness (QED) is 0.607. The van der Waals surface area contributed by atoms with Crippen molar-refractivity contribution in [3.05, 3.63) is 74.8 Å². The van der Waals surface area contributed by atoms with E-state index < -0.39 is 10.8 Å². The van der Waals surface area contributed by atoms with Gasteiger partial charge in [-0.3, -0.25) is 19.8 Å². The van der Waals surface area contributed by atoms with Gasteiger partial charge in [-0.1, -0.05) is 36.4 Å². The SMILES string of the molecule is Cc1cccc(C(=O)NCc2ccccc2CN(C)C(C)C)c1[N+](=O)[O-]. The van der Waals surface area contributed by atoms with E-state index in [1.807, 2.05) is 24.3 Å². The summed E-state index contributed by atoms with van der Waals surface area (Å²) >= 11 is 0. The average molecular weight is 355 g/mol. The summed E-state index contributed by atoms with van der Waals surface area (Å²) in [6.07, 6.45) is 0. The first-order chi connectivity index (χ1) is 12.3. The van der Waals surface area contributed by atoms with E-state index in [0.29, 0.717) is 18.2 Å². The molecule has 0 saturated carbocycles. The van der Waals surface area contributed by atoms with Gasteiger partial charge in [-0.05, 0) is 45.0 Å². The van der Waals surface area contributed by atoms with Gasteiger partial charge in [-0.2, -0.15) is 0 Å². The summed E-state index contributed by atoms with van der Waals surface area (Å²) < 4.78 is 0. The van der Waals surface area contributed by atoms with Gasteiger partial charge in [0.2, 0.25) is 0 Å². The van der Waals surface area contributed by atoms with Crippen LogP contribution in [0, 0.1) is 17.0 Å². The summed E-state index contributed by atoms with van der Waals surface area (Å²) in [5.41, 5.74) is 2.55. The molecule has 138 valence electrons. The third-order valence-corrected chi connectivity index (χ3v) is 4.52. The number of carbonyl (C=O) groups excluding carboxylic acids is 1. The van der Waals surface area contributed by atoms with Crippen molar-refractivity contribution < 1.29 is 9.72 Å². The van der Waals surface area contributed by atoms with Crippen LogP contribution in [-0.2, 0) is 13.1 Å². The minimum atomic E-state index is -0.504. The van der Waals surface area contributed by atoms with Gasteiger partial charge in [-0.15, -0.1) is 0 Å². The summed E-state index contributed by atoms with van der Waals surface area (Å²) in [6, 6.07) is 13.1. The van der Waals surface area contributed by atoms with Gasteiger partial charge in [-0.25, -0.2) is 0 Å². The van der Waals surface area contributed by atoms with E-state index in [1.165, 1.54) is 6.07 Å². The van der Waals surface area contributed by atoms with Crippen LogP contribution in [0.3, 0.4) is 0 Å². The van der Waals surface area contributed by atoms with Gasteiger partial charge >= 0.3 is 0 Å². The Hall–Kier alpha value is -2.73. The van der Waals surface area contributed by atoms with Gasteiger partial charge in [0.15, 0.2) is 0 Å². The summed E-state index contributed by atoms with van der Waals surface area (Å²) in [7, 11) is 2.05. The molecule has 0 bridgehead atoms. The zero-order valence-corrected chi connectivity index (χ0v) is 15.7. The van der Waals surface area contributed by atoms with Crippen molar-refractivity contribution in [1.82, 2.24) is 10.2 Å². The van der Waals surface area contributed by atoms with Crippen LogP contribution >= 0.6 is 0 Å². The maximum atomic E-state index is 12.5. The summed E-state index contributed by atoms with van der Waals surface area (Å²) in [6.45, 7) is 6.98. The second-order valence-corrected chi connectivity index (χ2v) is 6.69. The van der Waals surface area contributed by atoms with Crippen molar-refractivity contribution in [2.45, 2.75) is 39.9 Å². The third-order valence-electron chi connectivity index (χ3n) is 4.52. The zero-order valence-electron chi connectivity index (χ0n) is 15.7. The normalized spacial score (nSPS) is 11.0. The maximum Gasteiger partial charge on any atom is 0.285 e. The van der Waals surface area contributed by atoms with Crippen LogP contribution in [0.2, 0.25) is 0 Å². The molecule has 0 aliphatic rings. The molecule has 0 aliphatic heterocycles. The molecule has 0 spiro atoms. The van der Waals surface area contributed by atoms with Gasteiger partial charge < -0.3 is 5.32 Å². The number of rotatable bonds is 7. The Kier molecular flexibility index (Phi) is 6.46. The van der Waals surface area contributed by atoms with Crippen LogP contribution in [0.15, 0.2) is 42.5 Å². The summed E-state index contributed by atoms with van der Waals surface area (Å²) in [5.74, 6) is -0.438. The molecule has 2 aromatic rings. The highest BCUT2D eigenvalue weighted by Gasteiger charge is 2.22. The molecule has 0 unspecified atom stereocenters. The lowest BCUT2D eigenvalue weighted by Gasteiger charge is -2.22. The number of aryl methyl sites for hydroxylation is 1. The van der Waals surface area contributed by atoms with Crippen molar-refractivity contribution >= 4 is 11.6 Å². The van der Waals surface area contributed by atoms with E-state index in [4.69, 9.17) is 0 Å². The van der Waals surface area contributed by atoms with Gasteiger partial charge in [0.25, 0.3) is 11.6 Å². The Balaban J connectivity index is 2.16. The summed E-state index contributed by atoms with van der Waals surface area (Å²) in [4.78, 5) is 25.5. The smallest absolute Gasteiger partial charge is 0.285 e. The molecule has 26 heavy (non-hydrogen) atoms. The fourth-order valence-electron chi connectivity index (χ4n) is 2.69. The Morgan fingerprint density at radius 3 is 2.42 bits per heavy atom. The molecule has 0 atom stereocenters. The molecule has 6 nitrogen and oxygen atoms in total. The van der Waals surface area contributed by atoms with Crippen molar-refractivity contribution in [2.75, 3.05) is 7.05 Å². The minimum absolute atomic E-state index is 0.0896. The topological polar surface area (TPSA) is 75.5 Å². The lowest BCUT2D eigenvalue weighted by Crippen LogP contribution is -2.28. The molecule has 6 heteroatoms. The Morgan fingerprint density at radius 1 is 1.15 bits per heavy atom.